The molecule has 2 aromatic heterocycles. The van der Waals surface area contributed by atoms with Gasteiger partial charge in [-0.2, -0.15) is 0 Å². The number of anilines is 1. The largest absolute Gasteiger partial charge is 0.391 e. The molecule has 134 valence electrons. The fourth-order valence-corrected chi connectivity index (χ4v) is 3.16. The van der Waals surface area contributed by atoms with Gasteiger partial charge in [-0.05, 0) is 24.3 Å². The Kier molecular flexibility index (Phi) is 7.51. The zero-order valence-electron chi connectivity index (χ0n) is 13.4. The first-order chi connectivity index (χ1) is 12.0. The van der Waals surface area contributed by atoms with Crippen LogP contribution in [0.5, 0.6) is 0 Å². The van der Waals surface area contributed by atoms with Gasteiger partial charge in [0.15, 0.2) is 0 Å². The summed E-state index contributed by atoms with van der Waals surface area (Å²) < 4.78 is 13.6. The van der Waals surface area contributed by atoms with E-state index in [1.54, 1.807) is 29.6 Å². The van der Waals surface area contributed by atoms with Crippen molar-refractivity contribution < 1.29 is 44.3 Å². The normalized spacial score (nSPS) is 11.0. The van der Waals surface area contributed by atoms with Gasteiger partial charge in [0.25, 0.3) is 5.56 Å². The van der Waals surface area contributed by atoms with Crippen LogP contribution in [-0.2, 0) is 0 Å². The molecular formula is C16H14ClFN5OSTh-. The number of fused-ring (bicyclic) bond motifs is 1. The summed E-state index contributed by atoms with van der Waals surface area (Å²) in [5.41, 5.74) is 6.54. The van der Waals surface area contributed by atoms with Crippen molar-refractivity contribution in [2.45, 2.75) is 0 Å². The van der Waals surface area contributed by atoms with E-state index >= 15 is 0 Å². The minimum absolute atomic E-state index is 0. The molecule has 0 aliphatic heterocycles. The Bertz CT molecular complexity index is 989. The van der Waals surface area contributed by atoms with E-state index in [4.69, 9.17) is 23.2 Å². The predicted octanol–water partition coefficient (Wildman–Crippen LogP) is 2.49. The molecule has 0 unspecified atom stereocenters. The Morgan fingerprint density at radius 2 is 2.08 bits per heavy atom. The molecule has 2 heterocycles. The maximum atomic E-state index is 12.8. The second-order valence-corrected chi connectivity index (χ2v) is 6.48. The minimum Gasteiger partial charge on any atom is -0.391 e. The number of hydrogen-bond acceptors (Lipinski definition) is 6. The van der Waals surface area contributed by atoms with Crippen LogP contribution >= 0.6 is 22.9 Å². The Morgan fingerprint density at radius 1 is 1.38 bits per heavy atom. The average Bonchev–Trinajstić information content (AvgIpc) is 2.98. The van der Waals surface area contributed by atoms with Crippen LogP contribution in [-0.4, -0.2) is 28.0 Å². The van der Waals surface area contributed by atoms with Crippen molar-refractivity contribution >= 4 is 38.7 Å². The maximum Gasteiger partial charge on any atom is 0.264 e. The molecule has 1 aromatic carbocycles. The Morgan fingerprint density at radius 3 is 2.73 bits per heavy atom. The standard InChI is InChI=1S/C16H14ClFN5OS.Th/c17-10-1-3-11(4-2-10)23-16(24)14-12(9-25-15(14)19)13(21-23)5-7-22(20)8-6-18;/h1-4,7,9H,6,8,19-20H2;/q-1;. The van der Waals surface area contributed by atoms with Gasteiger partial charge in [0.2, 0.25) is 0 Å². The topological polar surface area (TPSA) is 90.2 Å². The molecule has 3 rings (SSSR count). The van der Waals surface area contributed by atoms with Crippen molar-refractivity contribution in [3.63, 3.8) is 0 Å². The van der Waals surface area contributed by atoms with Crippen LogP contribution in [0.15, 0.2) is 40.6 Å². The maximum absolute atomic E-state index is 12.8. The zero-order valence-corrected chi connectivity index (χ0v) is 19.1. The summed E-state index contributed by atoms with van der Waals surface area (Å²) in [6.45, 7) is -0.564. The van der Waals surface area contributed by atoms with Gasteiger partial charge in [-0.25, -0.2) is 26.1 Å². The van der Waals surface area contributed by atoms with Crippen molar-refractivity contribution in [2.24, 2.45) is 5.84 Å². The molecule has 26 heavy (non-hydrogen) atoms. The van der Waals surface area contributed by atoms with E-state index in [0.717, 1.165) is 5.01 Å². The third-order valence-electron chi connectivity index (χ3n) is 3.46. The molecule has 4 N–H and O–H groups in total. The van der Waals surface area contributed by atoms with E-state index in [1.807, 2.05) is 0 Å². The molecule has 0 radical (unpaired) electrons. The summed E-state index contributed by atoms with van der Waals surface area (Å²) in [6, 6.07) is 6.68. The van der Waals surface area contributed by atoms with Gasteiger partial charge < -0.3 is 10.7 Å². The smallest absolute Gasteiger partial charge is 0.264 e. The number of aromatic nitrogens is 2. The molecule has 0 bridgehead atoms. The number of halogens is 2. The Labute approximate surface area is 189 Å². The molecule has 10 heteroatoms. The molecule has 0 aliphatic carbocycles. The molecular weight excluding hydrogens is 597 g/mol. The monoisotopic (exact) mass is 610 g/mol. The zero-order chi connectivity index (χ0) is 18.0. The molecule has 0 fully saturated rings. The van der Waals surface area contributed by atoms with Gasteiger partial charge in [0.1, 0.15) is 6.67 Å². The summed E-state index contributed by atoms with van der Waals surface area (Å²) in [6.07, 6.45) is 4.28. The molecule has 0 spiro atoms. The first kappa shape index (κ1) is 21.2. The van der Waals surface area contributed by atoms with Crippen LogP contribution in [0.2, 0.25) is 5.02 Å². The molecule has 0 amide bonds. The van der Waals surface area contributed by atoms with Crippen LogP contribution in [0.1, 0.15) is 5.69 Å². The van der Waals surface area contributed by atoms with Gasteiger partial charge in [-0.15, -0.1) is 16.7 Å². The van der Waals surface area contributed by atoms with E-state index in [0.29, 0.717) is 32.2 Å². The first-order valence-electron chi connectivity index (χ1n) is 7.24. The number of hydrazine groups is 1. The number of nitrogens with two attached hydrogens (primary N) is 2. The fraction of sp³-hybridized carbons (Fsp3) is 0.125. The number of nitrogen functional groups attached to an aromatic ring is 1. The van der Waals surface area contributed by atoms with Crippen LogP contribution in [0.3, 0.4) is 0 Å². The second kappa shape index (κ2) is 9.21. The van der Waals surface area contributed by atoms with E-state index < -0.39 is 6.67 Å². The van der Waals surface area contributed by atoms with Gasteiger partial charge in [0, 0.05) is 50.3 Å². The second-order valence-electron chi connectivity index (χ2n) is 5.13. The quantitative estimate of drug-likeness (QED) is 0.263. The van der Waals surface area contributed by atoms with E-state index in [-0.39, 0.29) is 52.0 Å². The van der Waals surface area contributed by atoms with Crippen LogP contribution in [0.25, 0.3) is 16.5 Å². The average molecular weight is 611 g/mol. The van der Waals surface area contributed by atoms with Crippen molar-refractivity contribution in [1.29, 1.82) is 0 Å². The number of benzene rings is 1. The molecule has 0 atom stereocenters. The Hall–Kier alpha value is -1.10. The van der Waals surface area contributed by atoms with Crippen molar-refractivity contribution in [3.05, 3.63) is 63.0 Å². The molecule has 0 saturated heterocycles. The number of thiophene rings is 1. The van der Waals surface area contributed by atoms with Gasteiger partial charge in [0.05, 0.1) is 17.2 Å². The molecule has 6 nitrogen and oxygen atoms in total. The van der Waals surface area contributed by atoms with E-state index in [9.17, 15) is 9.18 Å². The number of nitrogens with zero attached hydrogens (tertiary/aromatic N) is 3. The van der Waals surface area contributed by atoms with Gasteiger partial charge >= 0.3 is 0 Å². The summed E-state index contributed by atoms with van der Waals surface area (Å²) in [7, 11) is 0. The van der Waals surface area contributed by atoms with Crippen LogP contribution in [0, 0.1) is 46.0 Å². The Balaban J connectivity index is 0.00000243. The molecule has 0 saturated carbocycles. The summed E-state index contributed by atoms with van der Waals surface area (Å²) in [5.74, 6) is 5.62. The van der Waals surface area contributed by atoms with Gasteiger partial charge in [-0.3, -0.25) is 4.79 Å². The van der Waals surface area contributed by atoms with E-state index in [2.05, 4.69) is 11.2 Å². The van der Waals surface area contributed by atoms with Gasteiger partial charge in [-0.1, -0.05) is 28.9 Å². The summed E-state index contributed by atoms with van der Waals surface area (Å²) in [4.78, 5) is 12.8. The third-order valence-corrected chi connectivity index (χ3v) is 4.53. The minimum atomic E-state index is -0.590. The number of alkyl halides is 1. The van der Waals surface area contributed by atoms with E-state index in [1.165, 1.54) is 22.2 Å². The SMILES string of the molecule is Nc1scc2c([C-]=CN(N)CCF)nn(-c3ccc(Cl)cc3)c(=O)c12.[Th]. The number of hydrogen-bond donors (Lipinski definition) is 2. The van der Waals surface area contributed by atoms with Crippen molar-refractivity contribution in [2.75, 3.05) is 19.0 Å². The molecule has 3 aromatic rings. The predicted molar refractivity (Wildman–Crippen MR) is 98.4 cm³/mol. The van der Waals surface area contributed by atoms with Crippen molar-refractivity contribution in [1.82, 2.24) is 14.8 Å². The fourth-order valence-electron chi connectivity index (χ4n) is 2.24. The van der Waals surface area contributed by atoms with Crippen LogP contribution < -0.4 is 17.1 Å². The van der Waals surface area contributed by atoms with Crippen LogP contribution in [0.4, 0.5) is 9.39 Å². The summed E-state index contributed by atoms with van der Waals surface area (Å²) in [5, 5.41) is 9.10. The first-order valence-corrected chi connectivity index (χ1v) is 8.50. The number of rotatable bonds is 5. The molecule has 0 aliphatic rings. The van der Waals surface area contributed by atoms with Crippen molar-refractivity contribution in [3.8, 4) is 5.69 Å². The third kappa shape index (κ3) is 4.41. The summed E-state index contributed by atoms with van der Waals surface area (Å²) >= 11 is 7.14.